The Morgan fingerprint density at radius 1 is 1.06 bits per heavy atom. The number of carboxylic acid groups (broad SMARTS) is 1. The van der Waals surface area contributed by atoms with Crippen LogP contribution < -0.4 is 5.32 Å². The maximum absolute atomic E-state index is 13.9. The average Bonchev–Trinajstić information content (AvgIpc) is 3.13. The molecule has 0 radical (unpaired) electrons. The Balaban J connectivity index is 1.46. The minimum absolute atomic E-state index is 0.0328. The summed E-state index contributed by atoms with van der Waals surface area (Å²) in [7, 11) is 0. The van der Waals surface area contributed by atoms with Crippen LogP contribution in [0.1, 0.15) is 22.6 Å². The van der Waals surface area contributed by atoms with E-state index in [1.54, 1.807) is 0 Å². The van der Waals surface area contributed by atoms with E-state index in [9.17, 15) is 24.2 Å². The molecular weight excluding hydrogens is 561 g/mol. The molecule has 1 amide bonds. The third-order valence-electron chi connectivity index (χ3n) is 5.57. The van der Waals surface area contributed by atoms with Gasteiger partial charge in [0.1, 0.15) is 18.4 Å². The molecule has 4 rings (SSSR count). The zero-order valence-electron chi connectivity index (χ0n) is 17.0. The van der Waals surface area contributed by atoms with Crippen LogP contribution in [0.15, 0.2) is 63.5 Å². The summed E-state index contributed by atoms with van der Waals surface area (Å²) in [5.74, 6) is -2.64. The number of hydrogen-bond acceptors (Lipinski definition) is 4. The fourth-order valence-corrected chi connectivity index (χ4v) is 5.20. The van der Waals surface area contributed by atoms with E-state index in [0.717, 1.165) is 22.3 Å². The number of carbonyl (C=O) groups is 2. The van der Waals surface area contributed by atoms with Crippen molar-refractivity contribution in [2.45, 2.75) is 18.4 Å². The lowest BCUT2D eigenvalue weighted by atomic mass is 9.98. The molecule has 1 aliphatic carbocycles. The molecule has 6 nitrogen and oxygen atoms in total. The number of aliphatic carboxylic acids is 1. The van der Waals surface area contributed by atoms with Crippen LogP contribution in [0.3, 0.4) is 0 Å². The van der Waals surface area contributed by atoms with E-state index in [4.69, 9.17) is 4.74 Å². The third kappa shape index (κ3) is 4.60. The molecule has 0 bridgehead atoms. The van der Waals surface area contributed by atoms with Gasteiger partial charge in [-0.25, -0.2) is 14.0 Å². The summed E-state index contributed by atoms with van der Waals surface area (Å²) in [4.78, 5) is 24.2. The van der Waals surface area contributed by atoms with Gasteiger partial charge < -0.3 is 20.3 Å². The molecule has 0 spiro atoms. The molecule has 1 unspecified atom stereocenters. The highest BCUT2D eigenvalue weighted by atomic mass is 79.9. The third-order valence-corrected chi connectivity index (χ3v) is 6.87. The number of ether oxygens (including phenoxy) is 1. The molecule has 0 heterocycles. The second kappa shape index (κ2) is 9.52. The second-order valence-electron chi connectivity index (χ2n) is 7.56. The Kier molecular flexibility index (Phi) is 6.71. The lowest BCUT2D eigenvalue weighted by Crippen LogP contribution is -2.43. The average molecular weight is 579 g/mol. The van der Waals surface area contributed by atoms with Crippen molar-refractivity contribution in [3.05, 3.63) is 86.1 Å². The predicted molar refractivity (Wildman–Crippen MR) is 127 cm³/mol. The van der Waals surface area contributed by atoms with Gasteiger partial charge in [0.15, 0.2) is 5.82 Å². The number of amides is 1. The molecule has 9 heteroatoms. The van der Waals surface area contributed by atoms with E-state index in [-0.39, 0.29) is 33.5 Å². The van der Waals surface area contributed by atoms with Crippen LogP contribution in [0.4, 0.5) is 9.18 Å². The number of carbonyl (C=O) groups excluding carboxylic acids is 1. The number of phenols is 1. The van der Waals surface area contributed by atoms with E-state index in [1.807, 2.05) is 48.5 Å². The molecule has 1 atom stereocenters. The van der Waals surface area contributed by atoms with Gasteiger partial charge in [-0.3, -0.25) is 0 Å². The zero-order valence-corrected chi connectivity index (χ0v) is 20.2. The van der Waals surface area contributed by atoms with Crippen molar-refractivity contribution in [1.29, 1.82) is 0 Å². The maximum atomic E-state index is 13.9. The van der Waals surface area contributed by atoms with Crippen molar-refractivity contribution in [1.82, 2.24) is 5.32 Å². The molecule has 0 aromatic heterocycles. The molecule has 1 aliphatic rings. The Morgan fingerprint density at radius 2 is 1.64 bits per heavy atom. The standard InChI is InChI=1S/C24H18Br2FNO5/c25-18-9-12(22(29)20(26)21(18)27)10-19(23(30)31)28-24(32)33-11-17-15-7-3-1-5-13(15)14-6-2-4-8-16(14)17/h1-9,17,19,29H,10-11H2,(H,28,32)(H,30,31). The molecule has 170 valence electrons. The summed E-state index contributed by atoms with van der Waals surface area (Å²) < 4.78 is 19.1. The van der Waals surface area contributed by atoms with Crippen molar-refractivity contribution in [3.63, 3.8) is 0 Å². The van der Waals surface area contributed by atoms with Gasteiger partial charge in [-0.1, -0.05) is 48.5 Å². The van der Waals surface area contributed by atoms with E-state index < -0.39 is 29.7 Å². The van der Waals surface area contributed by atoms with Crippen molar-refractivity contribution in [2.75, 3.05) is 6.61 Å². The second-order valence-corrected chi connectivity index (χ2v) is 9.21. The molecule has 0 saturated carbocycles. The van der Waals surface area contributed by atoms with Gasteiger partial charge in [-0.2, -0.15) is 0 Å². The minimum atomic E-state index is -1.39. The highest BCUT2D eigenvalue weighted by Gasteiger charge is 2.30. The number of benzene rings is 3. The SMILES string of the molecule is O=C(NC(Cc1cc(Br)c(F)c(Br)c1O)C(=O)O)OCC1c2ccccc2-c2ccccc21. The van der Waals surface area contributed by atoms with Crippen molar-refractivity contribution < 1.29 is 28.9 Å². The topological polar surface area (TPSA) is 95.9 Å². The Morgan fingerprint density at radius 3 is 2.21 bits per heavy atom. The lowest BCUT2D eigenvalue weighted by Gasteiger charge is -2.18. The Labute approximate surface area is 205 Å². The first kappa shape index (κ1) is 23.3. The first-order chi connectivity index (χ1) is 15.8. The van der Waals surface area contributed by atoms with Crippen LogP contribution in [0.25, 0.3) is 11.1 Å². The van der Waals surface area contributed by atoms with Gasteiger partial charge in [0.2, 0.25) is 0 Å². The summed E-state index contributed by atoms with van der Waals surface area (Å²) >= 11 is 5.96. The number of halogens is 3. The van der Waals surface area contributed by atoms with Crippen molar-refractivity contribution in [2.24, 2.45) is 0 Å². The number of fused-ring (bicyclic) bond motifs is 3. The lowest BCUT2D eigenvalue weighted by molar-refractivity contribution is -0.139. The minimum Gasteiger partial charge on any atom is -0.506 e. The van der Waals surface area contributed by atoms with E-state index in [2.05, 4.69) is 37.2 Å². The monoisotopic (exact) mass is 577 g/mol. The van der Waals surface area contributed by atoms with Crippen molar-refractivity contribution >= 4 is 43.9 Å². The zero-order chi connectivity index (χ0) is 23.7. The predicted octanol–water partition coefficient (Wildman–Crippen LogP) is 5.59. The summed E-state index contributed by atoms with van der Waals surface area (Å²) in [6.07, 6.45) is -1.17. The molecule has 3 aromatic rings. The number of phenolic OH excluding ortho intramolecular Hbond substituents is 1. The molecule has 33 heavy (non-hydrogen) atoms. The van der Waals surface area contributed by atoms with Crippen LogP contribution in [-0.4, -0.2) is 34.9 Å². The maximum Gasteiger partial charge on any atom is 0.407 e. The van der Waals surface area contributed by atoms with E-state index >= 15 is 0 Å². The fraction of sp³-hybridized carbons (Fsp3) is 0.167. The normalized spacial score (nSPS) is 13.2. The number of rotatable bonds is 6. The van der Waals surface area contributed by atoms with Gasteiger partial charge in [0, 0.05) is 12.3 Å². The van der Waals surface area contributed by atoms with Gasteiger partial charge >= 0.3 is 12.1 Å². The van der Waals surface area contributed by atoms with E-state index in [0.29, 0.717) is 0 Å². The quantitative estimate of drug-likeness (QED) is 0.331. The van der Waals surface area contributed by atoms with E-state index in [1.165, 1.54) is 6.07 Å². The van der Waals surface area contributed by atoms with Gasteiger partial charge in [-0.05, 0) is 65.7 Å². The summed E-state index contributed by atoms with van der Waals surface area (Å²) in [5.41, 5.74) is 4.36. The van der Waals surface area contributed by atoms with Gasteiger partial charge in [0.05, 0.1) is 8.95 Å². The van der Waals surface area contributed by atoms with Crippen molar-refractivity contribution in [3.8, 4) is 16.9 Å². The first-order valence-electron chi connectivity index (χ1n) is 9.97. The fourth-order valence-electron chi connectivity index (χ4n) is 3.99. The summed E-state index contributed by atoms with van der Waals surface area (Å²) in [6.45, 7) is 0.0328. The number of nitrogens with one attached hydrogen (secondary N) is 1. The summed E-state index contributed by atoms with van der Waals surface area (Å²) in [6, 6.07) is 15.6. The molecule has 0 aliphatic heterocycles. The molecule has 0 fully saturated rings. The summed E-state index contributed by atoms with van der Waals surface area (Å²) in [5, 5.41) is 22.0. The Bertz CT molecular complexity index is 1200. The molecule has 3 aromatic carbocycles. The number of carboxylic acids is 1. The molecular formula is C24H18Br2FNO5. The number of aromatic hydroxyl groups is 1. The van der Waals surface area contributed by atoms with Crippen LogP contribution in [0.2, 0.25) is 0 Å². The van der Waals surface area contributed by atoms with Gasteiger partial charge in [0.25, 0.3) is 0 Å². The smallest absolute Gasteiger partial charge is 0.407 e. The highest BCUT2D eigenvalue weighted by molar-refractivity contribution is 9.11. The molecule has 3 N–H and O–H groups in total. The largest absolute Gasteiger partial charge is 0.506 e. The highest BCUT2D eigenvalue weighted by Crippen LogP contribution is 2.44. The number of hydrogen-bond donors (Lipinski definition) is 3. The first-order valence-corrected chi connectivity index (χ1v) is 11.6. The molecule has 0 saturated heterocycles. The van der Waals surface area contributed by atoms with Crippen LogP contribution in [0, 0.1) is 5.82 Å². The van der Waals surface area contributed by atoms with Crippen LogP contribution in [-0.2, 0) is 16.0 Å². The van der Waals surface area contributed by atoms with Crippen LogP contribution >= 0.6 is 31.9 Å². The van der Waals surface area contributed by atoms with Crippen LogP contribution in [0.5, 0.6) is 5.75 Å². The Hall–Kier alpha value is -2.91. The number of alkyl carbamates (subject to hydrolysis) is 1. The van der Waals surface area contributed by atoms with Gasteiger partial charge in [-0.15, -0.1) is 0 Å².